The number of ether oxygens (including phenoxy) is 1. The zero-order valence-corrected chi connectivity index (χ0v) is 10.8. The third-order valence-corrected chi connectivity index (χ3v) is 2.51. The second-order valence-corrected chi connectivity index (χ2v) is 4.41. The number of hydrogen-bond donors (Lipinski definition) is 0. The largest absolute Gasteiger partial charge is 0.384 e. The molecule has 2 atom stereocenters. The molecule has 90 valence electrons. The van der Waals surface area contributed by atoms with E-state index in [1.54, 1.807) is 26.1 Å². The summed E-state index contributed by atoms with van der Waals surface area (Å²) in [5.74, 6) is 0.583. The van der Waals surface area contributed by atoms with Crippen LogP contribution in [0.4, 0.5) is 0 Å². The van der Waals surface area contributed by atoms with E-state index in [2.05, 4.69) is 11.8 Å². The van der Waals surface area contributed by atoms with Gasteiger partial charge in [0.25, 0.3) is 0 Å². The molecule has 0 aromatic carbocycles. The molecule has 4 nitrogen and oxygen atoms in total. The number of hydrogen-bond acceptors (Lipinski definition) is 3. The molecule has 0 spiro atoms. The van der Waals surface area contributed by atoms with E-state index in [-0.39, 0.29) is 11.9 Å². The number of amides is 1. The van der Waals surface area contributed by atoms with Gasteiger partial charge in [0.05, 0.1) is 6.04 Å². The maximum Gasteiger partial charge on any atom is 0.239 e. The Morgan fingerprint density at radius 3 is 2.20 bits per heavy atom. The quantitative estimate of drug-likeness (QED) is 0.654. The first-order valence-corrected chi connectivity index (χ1v) is 5.30. The van der Waals surface area contributed by atoms with E-state index in [0.29, 0.717) is 5.92 Å². The minimum Gasteiger partial charge on any atom is -0.384 e. The maximum absolute atomic E-state index is 11.7. The van der Waals surface area contributed by atoms with E-state index in [4.69, 9.17) is 4.74 Å². The van der Waals surface area contributed by atoms with E-state index < -0.39 is 0 Å². The highest BCUT2D eigenvalue weighted by Gasteiger charge is 2.20. The molecule has 0 aromatic heterocycles. The van der Waals surface area contributed by atoms with E-state index in [9.17, 15) is 4.79 Å². The lowest BCUT2D eigenvalue weighted by Crippen LogP contribution is -2.44. The van der Waals surface area contributed by atoms with Gasteiger partial charge in [-0.15, -0.1) is 0 Å². The Morgan fingerprint density at radius 2 is 1.80 bits per heavy atom. The fourth-order valence-corrected chi connectivity index (χ4v) is 1.55. The van der Waals surface area contributed by atoms with Crippen LogP contribution in [-0.4, -0.2) is 63.2 Å². The van der Waals surface area contributed by atoms with Crippen molar-refractivity contribution < 1.29 is 9.53 Å². The van der Waals surface area contributed by atoms with Gasteiger partial charge in [0, 0.05) is 34.4 Å². The predicted molar refractivity (Wildman–Crippen MR) is 61.8 cm³/mol. The summed E-state index contributed by atoms with van der Waals surface area (Å²) in [6, 6.07) is -0.0701. The molecule has 0 saturated heterocycles. The number of carbonyl (C=O) groups excluding carboxylic acids is 1. The molecule has 0 bridgehead atoms. The van der Waals surface area contributed by atoms with Gasteiger partial charge in [-0.3, -0.25) is 9.69 Å². The van der Waals surface area contributed by atoms with Crippen LogP contribution in [0.1, 0.15) is 13.8 Å². The fourth-order valence-electron chi connectivity index (χ4n) is 1.55. The van der Waals surface area contributed by atoms with Crippen molar-refractivity contribution in [3.05, 3.63) is 0 Å². The Morgan fingerprint density at radius 1 is 1.27 bits per heavy atom. The minimum absolute atomic E-state index is 0.0701. The highest BCUT2D eigenvalue weighted by Crippen LogP contribution is 2.04. The Balaban J connectivity index is 4.08. The standard InChI is InChI=1S/C11H24N2O2/c1-9(8-15-6)7-13(5)10(2)11(14)12(3)4/h9-10H,7-8H2,1-6H3/t9-,10-/m0/s1. The van der Waals surface area contributed by atoms with Crippen molar-refractivity contribution in [2.75, 3.05) is 41.4 Å². The Labute approximate surface area is 93.2 Å². The van der Waals surface area contributed by atoms with Crippen LogP contribution in [0, 0.1) is 5.92 Å². The van der Waals surface area contributed by atoms with Gasteiger partial charge in [-0.25, -0.2) is 0 Å². The van der Waals surface area contributed by atoms with E-state index >= 15 is 0 Å². The highest BCUT2D eigenvalue weighted by atomic mass is 16.5. The molecular weight excluding hydrogens is 192 g/mol. The number of rotatable bonds is 6. The summed E-state index contributed by atoms with van der Waals surface area (Å²) in [7, 11) is 7.24. The summed E-state index contributed by atoms with van der Waals surface area (Å²) in [5.41, 5.74) is 0. The molecule has 0 fully saturated rings. The van der Waals surface area contributed by atoms with Crippen LogP contribution in [0.3, 0.4) is 0 Å². The molecule has 0 aliphatic heterocycles. The molecule has 0 aromatic rings. The van der Waals surface area contributed by atoms with Gasteiger partial charge >= 0.3 is 0 Å². The van der Waals surface area contributed by atoms with Gasteiger partial charge in [-0.05, 0) is 19.9 Å². The van der Waals surface area contributed by atoms with E-state index in [0.717, 1.165) is 13.2 Å². The molecule has 1 amide bonds. The van der Waals surface area contributed by atoms with Crippen molar-refractivity contribution in [3.8, 4) is 0 Å². The Bertz CT molecular complexity index is 195. The molecular formula is C11H24N2O2. The molecule has 0 radical (unpaired) electrons. The summed E-state index contributed by atoms with van der Waals surface area (Å²) in [6.07, 6.45) is 0. The molecule has 0 heterocycles. The van der Waals surface area contributed by atoms with Crippen LogP contribution in [-0.2, 0) is 9.53 Å². The highest BCUT2D eigenvalue weighted by molar-refractivity contribution is 5.80. The van der Waals surface area contributed by atoms with Crippen LogP contribution in [0.5, 0.6) is 0 Å². The average molecular weight is 216 g/mol. The first-order valence-electron chi connectivity index (χ1n) is 5.30. The van der Waals surface area contributed by atoms with Crippen LogP contribution < -0.4 is 0 Å². The first kappa shape index (κ1) is 14.4. The maximum atomic E-state index is 11.7. The molecule has 0 N–H and O–H groups in total. The predicted octanol–water partition coefficient (Wildman–Crippen LogP) is 0.677. The van der Waals surface area contributed by atoms with Gasteiger partial charge in [0.1, 0.15) is 0 Å². The smallest absolute Gasteiger partial charge is 0.239 e. The van der Waals surface area contributed by atoms with Gasteiger partial charge in [-0.2, -0.15) is 0 Å². The third kappa shape index (κ3) is 5.14. The summed E-state index contributed by atoms with van der Waals surface area (Å²) >= 11 is 0. The Kier molecular flexibility index (Phi) is 6.52. The van der Waals surface area contributed by atoms with Crippen molar-refractivity contribution in [2.24, 2.45) is 5.92 Å². The minimum atomic E-state index is -0.0701. The summed E-state index contributed by atoms with van der Waals surface area (Å²) in [6.45, 7) is 5.65. The number of carbonyl (C=O) groups is 1. The van der Waals surface area contributed by atoms with E-state index in [1.807, 2.05) is 14.0 Å². The van der Waals surface area contributed by atoms with Gasteiger partial charge < -0.3 is 9.64 Å². The van der Waals surface area contributed by atoms with Crippen LogP contribution >= 0.6 is 0 Å². The van der Waals surface area contributed by atoms with Crippen molar-refractivity contribution in [1.29, 1.82) is 0 Å². The number of nitrogens with zero attached hydrogens (tertiary/aromatic N) is 2. The fraction of sp³-hybridized carbons (Fsp3) is 0.909. The van der Waals surface area contributed by atoms with Gasteiger partial charge in [0.2, 0.25) is 5.91 Å². The molecule has 0 unspecified atom stereocenters. The summed E-state index contributed by atoms with van der Waals surface area (Å²) in [5, 5.41) is 0. The third-order valence-electron chi connectivity index (χ3n) is 2.51. The molecule has 15 heavy (non-hydrogen) atoms. The SMILES string of the molecule is COC[C@@H](C)CN(C)[C@@H](C)C(=O)N(C)C. The topological polar surface area (TPSA) is 32.8 Å². The van der Waals surface area contributed by atoms with Crippen molar-refractivity contribution in [3.63, 3.8) is 0 Å². The zero-order valence-electron chi connectivity index (χ0n) is 10.8. The van der Waals surface area contributed by atoms with Crippen molar-refractivity contribution in [1.82, 2.24) is 9.80 Å². The Hall–Kier alpha value is -0.610. The van der Waals surface area contributed by atoms with Crippen molar-refractivity contribution in [2.45, 2.75) is 19.9 Å². The van der Waals surface area contributed by atoms with Gasteiger partial charge in [0.15, 0.2) is 0 Å². The zero-order chi connectivity index (χ0) is 12.0. The molecule has 0 aliphatic rings. The summed E-state index contributed by atoms with van der Waals surface area (Å²) in [4.78, 5) is 15.4. The lowest BCUT2D eigenvalue weighted by Gasteiger charge is -2.28. The lowest BCUT2D eigenvalue weighted by molar-refractivity contribution is -0.133. The molecule has 0 rings (SSSR count). The second-order valence-electron chi connectivity index (χ2n) is 4.41. The van der Waals surface area contributed by atoms with Crippen LogP contribution in [0.15, 0.2) is 0 Å². The van der Waals surface area contributed by atoms with Crippen LogP contribution in [0.2, 0.25) is 0 Å². The number of methoxy groups -OCH3 is 1. The van der Waals surface area contributed by atoms with Gasteiger partial charge in [-0.1, -0.05) is 6.92 Å². The number of likely N-dealkylation sites (N-methyl/N-ethyl adjacent to an activating group) is 2. The van der Waals surface area contributed by atoms with E-state index in [1.165, 1.54) is 0 Å². The molecule has 0 saturated carbocycles. The second kappa shape index (κ2) is 6.80. The van der Waals surface area contributed by atoms with Crippen molar-refractivity contribution >= 4 is 5.91 Å². The summed E-state index contributed by atoms with van der Waals surface area (Å²) < 4.78 is 5.07. The first-order chi connectivity index (χ1) is 6.90. The normalized spacial score (nSPS) is 15.1. The van der Waals surface area contributed by atoms with Crippen LogP contribution in [0.25, 0.3) is 0 Å². The molecule has 4 heteroatoms. The monoisotopic (exact) mass is 216 g/mol. The molecule has 0 aliphatic carbocycles. The lowest BCUT2D eigenvalue weighted by atomic mass is 10.1. The average Bonchev–Trinajstić information content (AvgIpc) is 2.15.